The molecule has 0 radical (unpaired) electrons. The molecule has 176 valence electrons. The van der Waals surface area contributed by atoms with Crippen LogP contribution in [0.25, 0.3) is 0 Å². The highest BCUT2D eigenvalue weighted by molar-refractivity contribution is 9.10. The molecule has 0 aliphatic rings. The van der Waals surface area contributed by atoms with Crippen LogP contribution in [-0.2, 0) is 16.2 Å². The molecule has 34 heavy (non-hydrogen) atoms. The number of carbonyl (C=O) groups is 2. The maximum absolute atomic E-state index is 12.0. The number of ether oxygens (including phenoxy) is 2. The van der Waals surface area contributed by atoms with Crippen molar-refractivity contribution in [1.82, 2.24) is 5.43 Å². The average Bonchev–Trinajstić information content (AvgIpc) is 2.81. The van der Waals surface area contributed by atoms with Gasteiger partial charge in [-0.05, 0) is 72.6 Å². The summed E-state index contributed by atoms with van der Waals surface area (Å²) in [5, 5.41) is 7.10. The molecule has 0 saturated heterocycles. The summed E-state index contributed by atoms with van der Waals surface area (Å²) in [6.07, 6.45) is 1.10. The Morgan fingerprint density at radius 1 is 0.971 bits per heavy atom. The van der Waals surface area contributed by atoms with Crippen molar-refractivity contribution >= 4 is 51.2 Å². The Morgan fingerprint density at radius 3 is 2.41 bits per heavy atom. The summed E-state index contributed by atoms with van der Waals surface area (Å²) >= 11 is 9.23. The smallest absolute Gasteiger partial charge is 0.249 e. The zero-order valence-electron chi connectivity index (χ0n) is 18.4. The van der Waals surface area contributed by atoms with E-state index in [2.05, 4.69) is 31.8 Å². The zero-order valence-corrected chi connectivity index (χ0v) is 20.7. The van der Waals surface area contributed by atoms with Gasteiger partial charge in [0, 0.05) is 15.2 Å². The predicted molar refractivity (Wildman–Crippen MR) is 137 cm³/mol. The number of rotatable bonds is 10. The minimum absolute atomic E-state index is 0.368. The van der Waals surface area contributed by atoms with Crippen LogP contribution >= 0.6 is 27.5 Å². The second-order valence-electron chi connectivity index (χ2n) is 7.08. The number of hydrogen-bond acceptors (Lipinski definition) is 5. The monoisotopic (exact) mass is 543 g/mol. The molecule has 0 fully saturated rings. The molecule has 0 aliphatic heterocycles. The van der Waals surface area contributed by atoms with Crippen LogP contribution in [0, 0.1) is 0 Å². The van der Waals surface area contributed by atoms with Crippen LogP contribution in [-0.4, -0.2) is 24.6 Å². The molecule has 0 atom stereocenters. The fraction of sp³-hybridized carbons (Fsp3) is 0.160. The number of nitrogens with one attached hydrogen (secondary N) is 2. The number of nitrogens with zero attached hydrogens (tertiary/aromatic N) is 1. The van der Waals surface area contributed by atoms with E-state index < -0.39 is 11.8 Å². The summed E-state index contributed by atoms with van der Waals surface area (Å²) in [6.45, 7) is 2.75. The van der Waals surface area contributed by atoms with Gasteiger partial charge in [-0.25, -0.2) is 5.43 Å². The number of anilines is 1. The fourth-order valence-corrected chi connectivity index (χ4v) is 3.23. The van der Waals surface area contributed by atoms with Gasteiger partial charge in [0.2, 0.25) is 11.8 Å². The standard InChI is InChI=1S/C25H23BrClN3O4/c1-2-33-23-13-18(5-12-22(23)34-16-17-3-6-19(26)7-4-17)15-28-30-25(32)14-24(31)29-21-10-8-20(27)9-11-21/h3-13,15H,2,14,16H2,1H3,(H,29,31)(H,30,32). The van der Waals surface area contributed by atoms with E-state index in [1.165, 1.54) is 6.21 Å². The highest BCUT2D eigenvalue weighted by Gasteiger charge is 2.10. The summed E-state index contributed by atoms with van der Waals surface area (Å²) in [5.74, 6) is 0.171. The van der Waals surface area contributed by atoms with Gasteiger partial charge < -0.3 is 14.8 Å². The van der Waals surface area contributed by atoms with E-state index >= 15 is 0 Å². The van der Waals surface area contributed by atoms with Gasteiger partial charge in [0.15, 0.2) is 11.5 Å². The van der Waals surface area contributed by atoms with Crippen molar-refractivity contribution in [1.29, 1.82) is 0 Å². The molecule has 0 bridgehead atoms. The van der Waals surface area contributed by atoms with Gasteiger partial charge >= 0.3 is 0 Å². The van der Waals surface area contributed by atoms with E-state index in [1.807, 2.05) is 31.2 Å². The van der Waals surface area contributed by atoms with Crippen molar-refractivity contribution in [3.05, 3.63) is 87.4 Å². The van der Waals surface area contributed by atoms with Crippen molar-refractivity contribution in [3.8, 4) is 11.5 Å². The maximum Gasteiger partial charge on any atom is 0.249 e. The number of hydrazone groups is 1. The Morgan fingerprint density at radius 2 is 1.71 bits per heavy atom. The van der Waals surface area contributed by atoms with Gasteiger partial charge in [0.25, 0.3) is 0 Å². The Kier molecular flexibility index (Phi) is 9.49. The molecule has 0 unspecified atom stereocenters. The van der Waals surface area contributed by atoms with E-state index in [1.54, 1.807) is 42.5 Å². The highest BCUT2D eigenvalue weighted by Crippen LogP contribution is 2.29. The number of halogens is 2. The Labute approximate surface area is 211 Å². The molecule has 0 spiro atoms. The minimum atomic E-state index is -0.540. The van der Waals surface area contributed by atoms with E-state index in [0.717, 1.165) is 10.0 Å². The topological polar surface area (TPSA) is 89.0 Å². The molecular formula is C25H23BrClN3O4. The predicted octanol–water partition coefficient (Wildman–Crippen LogP) is 5.56. The second kappa shape index (κ2) is 12.8. The van der Waals surface area contributed by atoms with Crippen molar-refractivity contribution in [3.63, 3.8) is 0 Å². The average molecular weight is 545 g/mol. The number of benzene rings is 3. The molecule has 2 N–H and O–H groups in total. The lowest BCUT2D eigenvalue weighted by molar-refractivity contribution is -0.126. The molecule has 3 aromatic carbocycles. The molecule has 9 heteroatoms. The first-order valence-corrected chi connectivity index (χ1v) is 11.6. The second-order valence-corrected chi connectivity index (χ2v) is 8.43. The van der Waals surface area contributed by atoms with E-state index in [0.29, 0.717) is 41.0 Å². The van der Waals surface area contributed by atoms with Crippen LogP contribution in [0.4, 0.5) is 5.69 Å². The number of amides is 2. The van der Waals surface area contributed by atoms with Crippen LogP contribution in [0.3, 0.4) is 0 Å². The molecule has 0 saturated carbocycles. The molecular weight excluding hydrogens is 522 g/mol. The van der Waals surface area contributed by atoms with Crippen LogP contribution < -0.4 is 20.2 Å². The van der Waals surface area contributed by atoms with E-state index in [9.17, 15) is 9.59 Å². The molecule has 0 aliphatic carbocycles. The first kappa shape index (κ1) is 25.3. The van der Waals surface area contributed by atoms with E-state index in [-0.39, 0.29) is 6.42 Å². The van der Waals surface area contributed by atoms with Gasteiger partial charge in [-0.3, -0.25) is 9.59 Å². The fourth-order valence-electron chi connectivity index (χ4n) is 2.84. The van der Waals surface area contributed by atoms with Crippen LogP contribution in [0.15, 0.2) is 76.3 Å². The summed E-state index contributed by atoms with van der Waals surface area (Å²) in [7, 11) is 0. The van der Waals surface area contributed by atoms with Crippen LogP contribution in [0.1, 0.15) is 24.5 Å². The summed E-state index contributed by atoms with van der Waals surface area (Å²) in [6, 6.07) is 19.8. The third-order valence-corrected chi connectivity index (χ3v) is 5.21. The zero-order chi connectivity index (χ0) is 24.3. The first-order chi connectivity index (χ1) is 16.4. The van der Waals surface area contributed by atoms with Gasteiger partial charge in [-0.15, -0.1) is 0 Å². The van der Waals surface area contributed by atoms with Crippen LogP contribution in [0.5, 0.6) is 11.5 Å². The molecule has 0 heterocycles. The first-order valence-electron chi connectivity index (χ1n) is 10.4. The maximum atomic E-state index is 12.0. The molecule has 3 rings (SSSR count). The lowest BCUT2D eigenvalue weighted by Crippen LogP contribution is -2.24. The molecule has 7 nitrogen and oxygen atoms in total. The lowest BCUT2D eigenvalue weighted by Gasteiger charge is -2.12. The van der Waals surface area contributed by atoms with E-state index in [4.69, 9.17) is 21.1 Å². The van der Waals surface area contributed by atoms with Crippen LogP contribution in [0.2, 0.25) is 5.02 Å². The third kappa shape index (κ3) is 8.20. The largest absolute Gasteiger partial charge is 0.490 e. The highest BCUT2D eigenvalue weighted by atomic mass is 79.9. The third-order valence-electron chi connectivity index (χ3n) is 4.43. The van der Waals surface area contributed by atoms with Crippen molar-refractivity contribution in [2.45, 2.75) is 20.0 Å². The molecule has 0 aromatic heterocycles. The summed E-state index contributed by atoms with van der Waals surface area (Å²) in [4.78, 5) is 24.0. The summed E-state index contributed by atoms with van der Waals surface area (Å²) in [5.41, 5.74) is 4.63. The Balaban J connectivity index is 1.53. The SMILES string of the molecule is CCOc1cc(C=NNC(=O)CC(=O)Nc2ccc(Cl)cc2)ccc1OCc1ccc(Br)cc1. The number of hydrogen-bond donors (Lipinski definition) is 2. The Bertz CT molecular complexity index is 1150. The quantitative estimate of drug-likeness (QED) is 0.199. The lowest BCUT2D eigenvalue weighted by atomic mass is 10.2. The van der Waals surface area contributed by atoms with Gasteiger partial charge in [0.1, 0.15) is 13.0 Å². The molecule has 3 aromatic rings. The van der Waals surface area contributed by atoms with Gasteiger partial charge in [-0.1, -0.05) is 39.7 Å². The molecule has 2 amide bonds. The van der Waals surface area contributed by atoms with Crippen molar-refractivity contribution in [2.24, 2.45) is 5.10 Å². The van der Waals surface area contributed by atoms with Gasteiger partial charge in [-0.2, -0.15) is 5.10 Å². The minimum Gasteiger partial charge on any atom is -0.490 e. The summed E-state index contributed by atoms with van der Waals surface area (Å²) < 4.78 is 12.6. The van der Waals surface area contributed by atoms with Crippen molar-refractivity contribution in [2.75, 3.05) is 11.9 Å². The number of carbonyl (C=O) groups excluding carboxylic acids is 2. The van der Waals surface area contributed by atoms with Gasteiger partial charge in [0.05, 0.1) is 12.8 Å². The van der Waals surface area contributed by atoms with Crippen molar-refractivity contribution < 1.29 is 19.1 Å². The Hall–Kier alpha value is -3.36. The normalized spacial score (nSPS) is 10.7.